The van der Waals surface area contributed by atoms with Crippen LogP contribution in [0.2, 0.25) is 0 Å². The first-order chi connectivity index (χ1) is 9.47. The predicted molar refractivity (Wildman–Crippen MR) is 81.0 cm³/mol. The normalized spacial score (nSPS) is 18.9. The van der Waals surface area contributed by atoms with E-state index in [-0.39, 0.29) is 4.90 Å². The second-order valence-corrected chi connectivity index (χ2v) is 8.86. The molecule has 1 N–H and O–H groups in total. The average Bonchev–Trinajstić information content (AvgIpc) is 2.45. The zero-order valence-electron chi connectivity index (χ0n) is 11.7. The molecular formula is C14H21NO3S2. The van der Waals surface area contributed by atoms with Crippen molar-refractivity contribution >= 4 is 20.6 Å². The molecule has 1 fully saturated rings. The van der Waals surface area contributed by atoms with Crippen molar-refractivity contribution in [1.29, 1.82) is 0 Å². The van der Waals surface area contributed by atoms with Crippen LogP contribution in [0.3, 0.4) is 0 Å². The first kappa shape index (κ1) is 15.7. The Morgan fingerprint density at radius 2 is 1.80 bits per heavy atom. The van der Waals surface area contributed by atoms with Gasteiger partial charge in [0.05, 0.1) is 15.7 Å². The Kier molecular flexibility index (Phi) is 5.35. The first-order valence-electron chi connectivity index (χ1n) is 6.86. The summed E-state index contributed by atoms with van der Waals surface area (Å²) in [6, 6.07) is 6.39. The van der Waals surface area contributed by atoms with Gasteiger partial charge in [0.1, 0.15) is 0 Å². The van der Waals surface area contributed by atoms with Gasteiger partial charge in [0.15, 0.2) is 9.84 Å². The quantitative estimate of drug-likeness (QED) is 0.896. The number of piperidine rings is 1. The van der Waals surface area contributed by atoms with E-state index < -0.39 is 20.6 Å². The Balaban J connectivity index is 1.92. The predicted octanol–water partition coefficient (Wildman–Crippen LogP) is 1.59. The summed E-state index contributed by atoms with van der Waals surface area (Å²) in [5, 5.41) is 3.32. The molecule has 0 aliphatic carbocycles. The van der Waals surface area contributed by atoms with Crippen LogP contribution in [0.5, 0.6) is 0 Å². The summed E-state index contributed by atoms with van der Waals surface area (Å²) in [4.78, 5) is 0.989. The van der Waals surface area contributed by atoms with E-state index in [9.17, 15) is 12.6 Å². The molecule has 0 saturated carbocycles. The molecule has 112 valence electrons. The summed E-state index contributed by atoms with van der Waals surface area (Å²) in [6.45, 7) is 2.11. The van der Waals surface area contributed by atoms with Gasteiger partial charge in [-0.1, -0.05) is 0 Å². The van der Waals surface area contributed by atoms with Crippen LogP contribution >= 0.6 is 0 Å². The van der Waals surface area contributed by atoms with Crippen molar-refractivity contribution in [2.45, 2.75) is 29.1 Å². The van der Waals surface area contributed by atoms with Crippen LogP contribution in [0, 0.1) is 5.92 Å². The lowest BCUT2D eigenvalue weighted by Crippen LogP contribution is -2.28. The zero-order chi connectivity index (χ0) is 14.6. The van der Waals surface area contributed by atoms with Crippen LogP contribution in [0.1, 0.15) is 19.3 Å². The monoisotopic (exact) mass is 315 g/mol. The summed E-state index contributed by atoms with van der Waals surface area (Å²) in [6.07, 6.45) is 4.46. The maximum absolute atomic E-state index is 12.2. The molecule has 0 spiro atoms. The Morgan fingerprint density at radius 3 is 2.35 bits per heavy atom. The molecule has 1 aliphatic rings. The molecule has 6 heteroatoms. The number of hydrogen-bond acceptors (Lipinski definition) is 4. The van der Waals surface area contributed by atoms with E-state index in [2.05, 4.69) is 5.32 Å². The highest BCUT2D eigenvalue weighted by atomic mass is 32.2. The SMILES string of the molecule is CS(=O)(=O)c1ccc(S(=O)CCC2CCNCC2)cc1. The minimum absolute atomic E-state index is 0.275. The number of nitrogens with one attached hydrogen (secondary N) is 1. The maximum atomic E-state index is 12.2. The van der Waals surface area contributed by atoms with Gasteiger partial charge in [-0.2, -0.15) is 0 Å². The third-order valence-electron chi connectivity index (χ3n) is 3.68. The topological polar surface area (TPSA) is 63.2 Å². The Labute approximate surface area is 123 Å². The Hall–Kier alpha value is -0.720. The molecule has 1 aliphatic heterocycles. The molecule has 1 saturated heterocycles. The lowest BCUT2D eigenvalue weighted by molar-refractivity contribution is 0.366. The Morgan fingerprint density at radius 1 is 1.20 bits per heavy atom. The van der Waals surface area contributed by atoms with Gasteiger partial charge in [0.2, 0.25) is 0 Å². The Bertz CT molecular complexity index is 561. The standard InChI is InChI=1S/C14H21NO3S2/c1-20(17,18)14-4-2-13(3-5-14)19(16)11-8-12-6-9-15-10-7-12/h2-5,12,15H,6-11H2,1H3. The van der Waals surface area contributed by atoms with Crippen molar-refractivity contribution in [2.24, 2.45) is 5.92 Å². The molecule has 1 heterocycles. The highest BCUT2D eigenvalue weighted by Crippen LogP contribution is 2.19. The fourth-order valence-electron chi connectivity index (χ4n) is 2.40. The van der Waals surface area contributed by atoms with E-state index in [1.165, 1.54) is 18.4 Å². The number of hydrogen-bond donors (Lipinski definition) is 1. The second kappa shape index (κ2) is 6.83. The first-order valence-corrected chi connectivity index (χ1v) is 10.1. The molecule has 0 aromatic heterocycles. The van der Waals surface area contributed by atoms with Crippen molar-refractivity contribution in [3.05, 3.63) is 24.3 Å². The molecule has 0 bridgehead atoms. The minimum Gasteiger partial charge on any atom is -0.317 e. The van der Waals surface area contributed by atoms with Crippen molar-refractivity contribution < 1.29 is 12.6 Å². The molecule has 1 atom stereocenters. The van der Waals surface area contributed by atoms with Gasteiger partial charge in [0, 0.05) is 16.9 Å². The average molecular weight is 315 g/mol. The van der Waals surface area contributed by atoms with E-state index in [4.69, 9.17) is 0 Å². The lowest BCUT2D eigenvalue weighted by Gasteiger charge is -2.22. The molecule has 1 unspecified atom stereocenters. The van der Waals surface area contributed by atoms with E-state index in [1.807, 2.05) is 0 Å². The molecule has 4 nitrogen and oxygen atoms in total. The van der Waals surface area contributed by atoms with Gasteiger partial charge in [-0.25, -0.2) is 8.42 Å². The van der Waals surface area contributed by atoms with E-state index in [0.717, 1.165) is 32.4 Å². The minimum atomic E-state index is -3.18. The van der Waals surface area contributed by atoms with E-state index >= 15 is 0 Å². The summed E-state index contributed by atoms with van der Waals surface area (Å²) in [5.41, 5.74) is 0. The third kappa shape index (κ3) is 4.40. The molecule has 0 amide bonds. The zero-order valence-corrected chi connectivity index (χ0v) is 13.3. The van der Waals surface area contributed by atoms with Crippen LogP contribution in [-0.4, -0.2) is 37.7 Å². The van der Waals surface area contributed by atoms with Crippen LogP contribution in [-0.2, 0) is 20.6 Å². The van der Waals surface area contributed by atoms with Crippen molar-refractivity contribution in [2.75, 3.05) is 25.1 Å². The smallest absolute Gasteiger partial charge is 0.175 e. The molecular weight excluding hydrogens is 294 g/mol. The van der Waals surface area contributed by atoms with Gasteiger partial charge >= 0.3 is 0 Å². The molecule has 1 aromatic rings. The summed E-state index contributed by atoms with van der Waals surface area (Å²) < 4.78 is 34.9. The summed E-state index contributed by atoms with van der Waals surface area (Å²) in [5.74, 6) is 1.32. The van der Waals surface area contributed by atoms with Crippen LogP contribution in [0.4, 0.5) is 0 Å². The van der Waals surface area contributed by atoms with Gasteiger partial charge in [-0.15, -0.1) is 0 Å². The second-order valence-electron chi connectivity index (χ2n) is 5.28. The molecule has 0 radical (unpaired) electrons. The van der Waals surface area contributed by atoms with Crippen molar-refractivity contribution in [1.82, 2.24) is 5.32 Å². The lowest BCUT2D eigenvalue weighted by atomic mass is 9.96. The van der Waals surface area contributed by atoms with Crippen molar-refractivity contribution in [3.63, 3.8) is 0 Å². The highest BCUT2D eigenvalue weighted by molar-refractivity contribution is 7.90. The van der Waals surface area contributed by atoms with E-state index in [1.54, 1.807) is 12.1 Å². The summed E-state index contributed by atoms with van der Waals surface area (Å²) in [7, 11) is -4.22. The molecule has 1 aromatic carbocycles. The summed E-state index contributed by atoms with van der Waals surface area (Å²) >= 11 is 0. The van der Waals surface area contributed by atoms with Crippen molar-refractivity contribution in [3.8, 4) is 0 Å². The van der Waals surface area contributed by atoms with Gasteiger partial charge in [-0.3, -0.25) is 4.21 Å². The van der Waals surface area contributed by atoms with Gasteiger partial charge < -0.3 is 5.32 Å². The van der Waals surface area contributed by atoms with Crippen LogP contribution in [0.15, 0.2) is 34.1 Å². The number of rotatable bonds is 5. The van der Waals surface area contributed by atoms with Crippen LogP contribution < -0.4 is 5.32 Å². The fourth-order valence-corrected chi connectivity index (χ4v) is 4.25. The highest BCUT2D eigenvalue weighted by Gasteiger charge is 2.15. The third-order valence-corrected chi connectivity index (χ3v) is 6.22. The van der Waals surface area contributed by atoms with Gasteiger partial charge in [-0.05, 0) is 62.5 Å². The molecule has 2 rings (SSSR count). The van der Waals surface area contributed by atoms with Crippen LogP contribution in [0.25, 0.3) is 0 Å². The number of sulfone groups is 1. The van der Waals surface area contributed by atoms with Gasteiger partial charge in [0.25, 0.3) is 0 Å². The largest absolute Gasteiger partial charge is 0.317 e. The maximum Gasteiger partial charge on any atom is 0.175 e. The fraction of sp³-hybridized carbons (Fsp3) is 0.571. The number of benzene rings is 1. The van der Waals surface area contributed by atoms with E-state index in [0.29, 0.717) is 16.6 Å². The molecule has 20 heavy (non-hydrogen) atoms.